The quantitative estimate of drug-likeness (QED) is 0.332. The average Bonchev–Trinajstić information content (AvgIpc) is 1.99. The van der Waals surface area contributed by atoms with Crippen LogP contribution in [0.15, 0.2) is 23.3 Å². The molecule has 0 saturated carbocycles. The van der Waals surface area contributed by atoms with Gasteiger partial charge < -0.3 is 0 Å². The molecule has 1 heteroatoms. The van der Waals surface area contributed by atoms with Crippen LogP contribution in [-0.2, 0) is 4.79 Å². The Morgan fingerprint density at radius 1 is 1.50 bits per heavy atom. The molecule has 0 aliphatic carbocycles. The Kier molecular flexibility index (Phi) is 4.55. The number of rotatable bonds is 3. The molecular formula is C9H14O. The van der Waals surface area contributed by atoms with Crippen molar-refractivity contribution >= 4 is 6.29 Å². The highest BCUT2D eigenvalue weighted by molar-refractivity contribution is 5.79. The Balaban J connectivity index is 4.35. The van der Waals surface area contributed by atoms with E-state index in [0.29, 0.717) is 0 Å². The van der Waals surface area contributed by atoms with Gasteiger partial charge in [-0.2, -0.15) is 0 Å². The van der Waals surface area contributed by atoms with Gasteiger partial charge in [-0.05, 0) is 25.8 Å². The molecule has 0 aliphatic rings. The zero-order chi connectivity index (χ0) is 7.98. The van der Waals surface area contributed by atoms with E-state index in [9.17, 15) is 4.79 Å². The van der Waals surface area contributed by atoms with Gasteiger partial charge in [-0.1, -0.05) is 19.1 Å². The summed E-state index contributed by atoms with van der Waals surface area (Å²) in [6, 6.07) is 0. The van der Waals surface area contributed by atoms with Gasteiger partial charge in [-0.3, -0.25) is 4.79 Å². The van der Waals surface area contributed by atoms with Crippen LogP contribution < -0.4 is 0 Å². The van der Waals surface area contributed by atoms with Crippen LogP contribution in [0.4, 0.5) is 0 Å². The maximum atomic E-state index is 10.4. The predicted molar refractivity (Wildman–Crippen MR) is 43.9 cm³/mol. The predicted octanol–water partition coefficient (Wildman–Crippen LogP) is 2.49. The molecule has 0 aliphatic heterocycles. The van der Waals surface area contributed by atoms with Gasteiger partial charge in [0, 0.05) is 5.57 Å². The van der Waals surface area contributed by atoms with Crippen LogP contribution in [0, 0.1) is 0 Å². The highest BCUT2D eigenvalue weighted by Gasteiger charge is 1.93. The normalized spacial score (nSPS) is 13.5. The summed E-state index contributed by atoms with van der Waals surface area (Å²) in [7, 11) is 0. The van der Waals surface area contributed by atoms with Gasteiger partial charge in [0.05, 0.1) is 0 Å². The lowest BCUT2D eigenvalue weighted by molar-refractivity contribution is -0.104. The highest BCUT2D eigenvalue weighted by atomic mass is 16.1. The molecule has 0 bridgehead atoms. The monoisotopic (exact) mass is 138 g/mol. The lowest BCUT2D eigenvalue weighted by Crippen LogP contribution is -1.85. The first-order valence-electron chi connectivity index (χ1n) is 3.54. The standard InChI is InChI=1S/C9H14O/c1-4-6-9(7-10)8(3)5-2/h5-7H,4H2,1-3H3. The van der Waals surface area contributed by atoms with Crippen molar-refractivity contribution in [2.24, 2.45) is 0 Å². The molecule has 0 spiro atoms. The molecule has 0 atom stereocenters. The van der Waals surface area contributed by atoms with E-state index in [1.165, 1.54) is 0 Å². The average molecular weight is 138 g/mol. The second kappa shape index (κ2) is 4.98. The molecule has 0 rings (SSSR count). The van der Waals surface area contributed by atoms with Crippen LogP contribution in [0.2, 0.25) is 0 Å². The van der Waals surface area contributed by atoms with Gasteiger partial charge in [0.25, 0.3) is 0 Å². The molecule has 0 heterocycles. The largest absolute Gasteiger partial charge is 0.298 e. The van der Waals surface area contributed by atoms with Crippen molar-refractivity contribution in [1.29, 1.82) is 0 Å². The second-order valence-electron chi connectivity index (χ2n) is 2.16. The first-order chi connectivity index (χ1) is 4.76. The molecule has 0 aromatic carbocycles. The Morgan fingerprint density at radius 3 is 2.40 bits per heavy atom. The molecule has 0 amide bonds. The fourth-order valence-corrected chi connectivity index (χ4v) is 0.689. The third kappa shape index (κ3) is 2.62. The van der Waals surface area contributed by atoms with E-state index in [2.05, 4.69) is 0 Å². The van der Waals surface area contributed by atoms with E-state index in [4.69, 9.17) is 0 Å². The molecule has 0 radical (unpaired) electrons. The molecule has 1 nitrogen and oxygen atoms in total. The van der Waals surface area contributed by atoms with Crippen molar-refractivity contribution in [3.8, 4) is 0 Å². The first-order valence-corrected chi connectivity index (χ1v) is 3.54. The zero-order valence-electron chi connectivity index (χ0n) is 6.85. The molecule has 56 valence electrons. The number of hydrogen-bond donors (Lipinski definition) is 0. The first kappa shape index (κ1) is 9.15. The van der Waals surface area contributed by atoms with Crippen molar-refractivity contribution < 1.29 is 4.79 Å². The van der Waals surface area contributed by atoms with Crippen molar-refractivity contribution in [2.45, 2.75) is 27.2 Å². The van der Waals surface area contributed by atoms with Crippen LogP contribution in [0.5, 0.6) is 0 Å². The van der Waals surface area contributed by atoms with Crippen LogP contribution >= 0.6 is 0 Å². The van der Waals surface area contributed by atoms with Crippen LogP contribution in [0.3, 0.4) is 0 Å². The third-order valence-electron chi connectivity index (χ3n) is 1.44. The van der Waals surface area contributed by atoms with E-state index in [-0.39, 0.29) is 0 Å². The lowest BCUT2D eigenvalue weighted by Gasteiger charge is -1.95. The number of carbonyl (C=O) groups is 1. The summed E-state index contributed by atoms with van der Waals surface area (Å²) in [4.78, 5) is 10.4. The smallest absolute Gasteiger partial charge is 0.149 e. The van der Waals surface area contributed by atoms with Gasteiger partial charge in [0.1, 0.15) is 6.29 Å². The molecule has 0 N–H and O–H groups in total. The number of hydrogen-bond acceptors (Lipinski definition) is 1. The van der Waals surface area contributed by atoms with Crippen LogP contribution in [-0.4, -0.2) is 6.29 Å². The van der Waals surface area contributed by atoms with Crippen molar-refractivity contribution in [3.63, 3.8) is 0 Å². The third-order valence-corrected chi connectivity index (χ3v) is 1.44. The summed E-state index contributed by atoms with van der Waals surface area (Å²) < 4.78 is 0. The summed E-state index contributed by atoms with van der Waals surface area (Å²) in [6.07, 6.45) is 5.69. The molecule has 0 fully saturated rings. The van der Waals surface area contributed by atoms with E-state index < -0.39 is 0 Å². The summed E-state index contributed by atoms with van der Waals surface area (Å²) >= 11 is 0. The molecule has 0 aromatic heterocycles. The fraction of sp³-hybridized carbons (Fsp3) is 0.444. The fourth-order valence-electron chi connectivity index (χ4n) is 0.689. The van der Waals surface area contributed by atoms with E-state index in [1.807, 2.05) is 32.9 Å². The summed E-state index contributed by atoms with van der Waals surface area (Å²) in [5.41, 5.74) is 1.86. The Bertz CT molecular complexity index is 164. The van der Waals surface area contributed by atoms with E-state index in [1.54, 1.807) is 0 Å². The van der Waals surface area contributed by atoms with Crippen molar-refractivity contribution in [2.75, 3.05) is 0 Å². The number of carbonyl (C=O) groups excluding carboxylic acids is 1. The maximum Gasteiger partial charge on any atom is 0.149 e. The maximum absolute atomic E-state index is 10.4. The minimum atomic E-state index is 0.810. The minimum Gasteiger partial charge on any atom is -0.298 e. The zero-order valence-corrected chi connectivity index (χ0v) is 6.85. The Labute approximate surface area is 62.4 Å². The molecular weight excluding hydrogens is 124 g/mol. The summed E-state index contributed by atoms with van der Waals surface area (Å²) in [6.45, 7) is 5.89. The molecule has 0 aromatic rings. The Morgan fingerprint density at radius 2 is 2.10 bits per heavy atom. The SMILES string of the molecule is CC=C(C)C(C=O)=CCC. The summed E-state index contributed by atoms with van der Waals surface area (Å²) in [5, 5.41) is 0. The van der Waals surface area contributed by atoms with Crippen LogP contribution in [0.25, 0.3) is 0 Å². The van der Waals surface area contributed by atoms with Gasteiger partial charge in [-0.25, -0.2) is 0 Å². The Hall–Kier alpha value is -0.850. The number of allylic oxidation sites excluding steroid dienone is 4. The highest BCUT2D eigenvalue weighted by Crippen LogP contribution is 2.06. The van der Waals surface area contributed by atoms with E-state index in [0.717, 1.165) is 23.9 Å². The lowest BCUT2D eigenvalue weighted by atomic mass is 10.1. The number of aldehydes is 1. The van der Waals surface area contributed by atoms with Gasteiger partial charge in [0.2, 0.25) is 0 Å². The summed E-state index contributed by atoms with van der Waals surface area (Å²) in [5.74, 6) is 0. The molecule has 0 saturated heterocycles. The molecule has 10 heavy (non-hydrogen) atoms. The minimum absolute atomic E-state index is 0.810. The second-order valence-corrected chi connectivity index (χ2v) is 2.16. The van der Waals surface area contributed by atoms with Gasteiger partial charge >= 0.3 is 0 Å². The van der Waals surface area contributed by atoms with Gasteiger partial charge in [0.15, 0.2) is 0 Å². The topological polar surface area (TPSA) is 17.1 Å². The van der Waals surface area contributed by atoms with Crippen LogP contribution in [0.1, 0.15) is 27.2 Å². The van der Waals surface area contributed by atoms with Gasteiger partial charge in [-0.15, -0.1) is 0 Å². The molecule has 0 unspecified atom stereocenters. The van der Waals surface area contributed by atoms with Crippen molar-refractivity contribution in [1.82, 2.24) is 0 Å². The van der Waals surface area contributed by atoms with E-state index >= 15 is 0 Å². The van der Waals surface area contributed by atoms with Crippen molar-refractivity contribution in [3.05, 3.63) is 23.3 Å².